The van der Waals surface area contributed by atoms with Crippen LogP contribution in [0.3, 0.4) is 0 Å². The second-order valence-corrected chi connectivity index (χ2v) is 7.48. The first-order chi connectivity index (χ1) is 14.8. The maximum absolute atomic E-state index is 13.1. The van der Waals surface area contributed by atoms with E-state index in [0.717, 1.165) is 12.1 Å². The summed E-state index contributed by atoms with van der Waals surface area (Å²) in [6.07, 6.45) is -2.66. The van der Waals surface area contributed by atoms with Gasteiger partial charge in [0.1, 0.15) is 5.75 Å². The molecule has 0 saturated heterocycles. The maximum atomic E-state index is 13.1. The summed E-state index contributed by atoms with van der Waals surface area (Å²) in [4.78, 5) is 5.34. The summed E-state index contributed by atoms with van der Waals surface area (Å²) in [5.74, 6) is 0.506. The van der Waals surface area contributed by atoms with E-state index < -0.39 is 11.9 Å². The smallest absolute Gasteiger partial charge is 0.437 e. The summed E-state index contributed by atoms with van der Waals surface area (Å²) in [6, 6.07) is 8.14. The molecule has 31 heavy (non-hydrogen) atoms. The fourth-order valence-corrected chi connectivity index (χ4v) is 3.52. The van der Waals surface area contributed by atoms with Crippen LogP contribution in [0.1, 0.15) is 31.0 Å². The Morgan fingerprint density at radius 1 is 1.26 bits per heavy atom. The van der Waals surface area contributed by atoms with Gasteiger partial charge in [0.2, 0.25) is 5.69 Å². The van der Waals surface area contributed by atoms with Crippen LogP contribution >= 0.6 is 11.6 Å². The van der Waals surface area contributed by atoms with Crippen LogP contribution in [0.4, 0.5) is 24.5 Å². The standard InChI is InChI=1S/C22H21ClF3N3O2/c1-4-6-15-19(10-8-16-20(15)31-28-21(16)22(24,25)26)30-12-5-11-29(3)14-7-9-18(27-2)17(23)13-14/h7-10,13H,4-6,11-12H2,1,3H3. The topological polar surface area (TPSA) is 42.9 Å². The first-order valence-electron chi connectivity index (χ1n) is 9.75. The molecule has 0 atom stereocenters. The summed E-state index contributed by atoms with van der Waals surface area (Å²) in [5.41, 5.74) is 0.987. The zero-order valence-electron chi connectivity index (χ0n) is 17.1. The molecule has 0 N–H and O–H groups in total. The van der Waals surface area contributed by atoms with Crippen LogP contribution in [-0.2, 0) is 12.6 Å². The number of nitrogens with zero attached hydrogens (tertiary/aromatic N) is 3. The number of fused-ring (bicyclic) bond motifs is 1. The van der Waals surface area contributed by atoms with Crippen molar-refractivity contribution in [3.05, 3.63) is 58.0 Å². The number of ether oxygens (including phenoxy) is 1. The summed E-state index contributed by atoms with van der Waals surface area (Å²) >= 11 is 6.09. The Morgan fingerprint density at radius 3 is 2.68 bits per heavy atom. The molecule has 164 valence electrons. The van der Waals surface area contributed by atoms with Gasteiger partial charge in [-0.2, -0.15) is 13.2 Å². The molecule has 1 heterocycles. The number of aryl methyl sites for hydroxylation is 1. The molecular weight excluding hydrogens is 431 g/mol. The van der Waals surface area contributed by atoms with Crippen LogP contribution in [0.15, 0.2) is 34.9 Å². The molecule has 0 spiro atoms. The monoisotopic (exact) mass is 451 g/mol. The SMILES string of the molecule is [C-]#[N+]c1ccc(N(C)CCCOc2ccc3c(C(F)(F)F)noc3c2CCC)cc1Cl. The molecule has 1 aromatic heterocycles. The molecule has 0 unspecified atom stereocenters. The van der Waals surface area contributed by atoms with E-state index in [1.165, 1.54) is 6.07 Å². The van der Waals surface area contributed by atoms with E-state index in [1.54, 1.807) is 18.2 Å². The van der Waals surface area contributed by atoms with Gasteiger partial charge in [-0.3, -0.25) is 0 Å². The quantitative estimate of drug-likeness (QED) is 0.276. The summed E-state index contributed by atoms with van der Waals surface area (Å²) in [6.45, 7) is 10.0. The average molecular weight is 452 g/mol. The molecule has 0 aliphatic heterocycles. The van der Waals surface area contributed by atoms with Crippen molar-refractivity contribution in [3.8, 4) is 5.75 Å². The van der Waals surface area contributed by atoms with Gasteiger partial charge in [-0.05, 0) is 37.1 Å². The third-order valence-electron chi connectivity index (χ3n) is 4.86. The lowest BCUT2D eigenvalue weighted by Crippen LogP contribution is -2.20. The number of benzene rings is 2. The molecular formula is C22H21ClF3N3O2. The highest BCUT2D eigenvalue weighted by Crippen LogP contribution is 2.38. The normalized spacial score (nSPS) is 11.5. The van der Waals surface area contributed by atoms with Crippen molar-refractivity contribution in [1.82, 2.24) is 5.16 Å². The van der Waals surface area contributed by atoms with Crippen LogP contribution in [0.2, 0.25) is 5.02 Å². The predicted molar refractivity (Wildman–Crippen MR) is 114 cm³/mol. The molecule has 0 bridgehead atoms. The highest BCUT2D eigenvalue weighted by Gasteiger charge is 2.37. The highest BCUT2D eigenvalue weighted by atomic mass is 35.5. The number of aromatic nitrogens is 1. The van der Waals surface area contributed by atoms with E-state index in [2.05, 4.69) is 10.0 Å². The number of alkyl halides is 3. The van der Waals surface area contributed by atoms with Crippen molar-refractivity contribution in [2.45, 2.75) is 32.4 Å². The van der Waals surface area contributed by atoms with E-state index in [1.807, 2.05) is 24.9 Å². The number of hydrogen-bond donors (Lipinski definition) is 0. The van der Waals surface area contributed by atoms with Gasteiger partial charge >= 0.3 is 6.18 Å². The summed E-state index contributed by atoms with van der Waals surface area (Å²) < 4.78 is 50.3. The third-order valence-corrected chi connectivity index (χ3v) is 5.16. The highest BCUT2D eigenvalue weighted by molar-refractivity contribution is 6.33. The molecule has 0 aliphatic rings. The Hall–Kier alpha value is -2.92. The summed E-state index contributed by atoms with van der Waals surface area (Å²) in [7, 11) is 1.91. The van der Waals surface area contributed by atoms with Crippen LogP contribution in [0.5, 0.6) is 5.75 Å². The van der Waals surface area contributed by atoms with Crippen molar-refractivity contribution in [1.29, 1.82) is 0 Å². The zero-order chi connectivity index (χ0) is 22.6. The predicted octanol–water partition coefficient (Wildman–Crippen LogP) is 6.91. The Kier molecular flexibility index (Phi) is 6.96. The molecule has 3 rings (SSSR count). The molecule has 3 aromatic rings. The molecule has 9 heteroatoms. The second-order valence-electron chi connectivity index (χ2n) is 7.07. The molecule has 5 nitrogen and oxygen atoms in total. The van der Waals surface area contributed by atoms with Crippen LogP contribution in [0.25, 0.3) is 15.8 Å². The Bertz CT molecular complexity index is 1110. The van der Waals surface area contributed by atoms with E-state index in [-0.39, 0.29) is 11.0 Å². The van der Waals surface area contributed by atoms with Gasteiger partial charge in [-0.15, -0.1) is 0 Å². The van der Waals surface area contributed by atoms with Crippen molar-refractivity contribution in [2.24, 2.45) is 0 Å². The second kappa shape index (κ2) is 9.48. The van der Waals surface area contributed by atoms with Crippen LogP contribution < -0.4 is 9.64 Å². The molecule has 2 aromatic carbocycles. The van der Waals surface area contributed by atoms with E-state index in [4.69, 9.17) is 27.4 Å². The number of anilines is 1. The largest absolute Gasteiger partial charge is 0.493 e. The van der Waals surface area contributed by atoms with Gasteiger partial charge in [-0.25, -0.2) is 4.85 Å². The molecule has 0 fully saturated rings. The van der Waals surface area contributed by atoms with Gasteiger partial charge in [0, 0.05) is 29.9 Å². The Morgan fingerprint density at radius 2 is 2.03 bits per heavy atom. The zero-order valence-corrected chi connectivity index (χ0v) is 17.8. The lowest BCUT2D eigenvalue weighted by Gasteiger charge is -2.20. The minimum absolute atomic E-state index is 0.0530. The number of hydrogen-bond acceptors (Lipinski definition) is 4. The molecule has 0 radical (unpaired) electrons. The number of halogens is 4. The van der Waals surface area contributed by atoms with Gasteiger partial charge in [0.05, 0.1) is 18.6 Å². The van der Waals surface area contributed by atoms with Gasteiger partial charge in [0.25, 0.3) is 0 Å². The van der Waals surface area contributed by atoms with Crippen LogP contribution in [-0.4, -0.2) is 25.4 Å². The Labute approximate surface area is 183 Å². The third kappa shape index (κ3) is 5.05. The first kappa shape index (κ1) is 22.8. The van der Waals surface area contributed by atoms with Crippen molar-refractivity contribution < 1.29 is 22.4 Å². The number of rotatable bonds is 8. The Balaban J connectivity index is 1.67. The first-order valence-corrected chi connectivity index (χ1v) is 10.1. The van der Waals surface area contributed by atoms with Crippen molar-refractivity contribution >= 4 is 33.9 Å². The van der Waals surface area contributed by atoms with E-state index in [9.17, 15) is 13.2 Å². The maximum Gasteiger partial charge on any atom is 0.437 e. The van der Waals surface area contributed by atoms with Crippen LogP contribution in [0, 0.1) is 6.57 Å². The molecule has 0 saturated carbocycles. The van der Waals surface area contributed by atoms with E-state index in [0.29, 0.717) is 48.0 Å². The lowest BCUT2D eigenvalue weighted by atomic mass is 10.0. The fourth-order valence-electron chi connectivity index (χ4n) is 3.30. The summed E-state index contributed by atoms with van der Waals surface area (Å²) in [5, 5.41) is 3.58. The average Bonchev–Trinajstić information content (AvgIpc) is 3.17. The van der Waals surface area contributed by atoms with Gasteiger partial charge in [-0.1, -0.05) is 36.2 Å². The van der Waals surface area contributed by atoms with Gasteiger partial charge < -0.3 is 14.2 Å². The lowest BCUT2D eigenvalue weighted by molar-refractivity contribution is -0.141. The van der Waals surface area contributed by atoms with E-state index >= 15 is 0 Å². The minimum atomic E-state index is -4.57. The fraction of sp³-hybridized carbons (Fsp3) is 0.364. The molecule has 0 amide bonds. The van der Waals surface area contributed by atoms with Crippen molar-refractivity contribution in [3.63, 3.8) is 0 Å². The minimum Gasteiger partial charge on any atom is -0.493 e. The molecule has 0 aliphatic carbocycles. The van der Waals surface area contributed by atoms with Crippen molar-refractivity contribution in [2.75, 3.05) is 25.1 Å². The van der Waals surface area contributed by atoms with Gasteiger partial charge in [0.15, 0.2) is 11.3 Å².